The Morgan fingerprint density at radius 1 is 1.03 bits per heavy atom. The predicted molar refractivity (Wildman–Crippen MR) is 113 cm³/mol. The van der Waals surface area contributed by atoms with Gasteiger partial charge >= 0.3 is 0 Å². The number of nitrogens with zero attached hydrogens (tertiary/aromatic N) is 4. The molecule has 0 radical (unpaired) electrons. The molecule has 1 atom stereocenters. The Bertz CT molecular complexity index is 1290. The number of aliphatic hydroxyl groups is 1. The number of nitro benzene ring substituents is 1. The summed E-state index contributed by atoms with van der Waals surface area (Å²) in [6.45, 7) is 0. The van der Waals surface area contributed by atoms with Gasteiger partial charge in [-0.1, -0.05) is 0 Å². The van der Waals surface area contributed by atoms with Crippen molar-refractivity contribution in [2.75, 3.05) is 4.90 Å². The molecule has 1 unspecified atom stereocenters. The van der Waals surface area contributed by atoms with Crippen LogP contribution in [0.25, 0.3) is 5.76 Å². The van der Waals surface area contributed by atoms with E-state index in [1.165, 1.54) is 53.7 Å². The van der Waals surface area contributed by atoms with E-state index in [4.69, 9.17) is 5.26 Å². The highest BCUT2D eigenvalue weighted by atomic mass is 16.6. The van der Waals surface area contributed by atoms with Crippen LogP contribution >= 0.6 is 0 Å². The molecule has 1 aliphatic rings. The summed E-state index contributed by atoms with van der Waals surface area (Å²) in [6, 6.07) is 15.4. The average Bonchev–Trinajstić information content (AvgIpc) is 3.09. The highest BCUT2D eigenvalue weighted by Gasteiger charge is 2.46. The number of benzene rings is 2. The zero-order valence-corrected chi connectivity index (χ0v) is 16.4. The normalized spacial score (nSPS) is 17.2. The molecule has 1 N–H and O–H groups in total. The van der Waals surface area contributed by atoms with E-state index in [0.29, 0.717) is 16.8 Å². The maximum Gasteiger partial charge on any atom is 0.300 e. The summed E-state index contributed by atoms with van der Waals surface area (Å²) in [5, 5.41) is 30.9. The molecular weight excluding hydrogens is 412 g/mol. The van der Waals surface area contributed by atoms with Crippen molar-refractivity contribution < 1.29 is 19.6 Å². The van der Waals surface area contributed by atoms with Gasteiger partial charge in [0, 0.05) is 35.8 Å². The molecule has 0 aliphatic carbocycles. The highest BCUT2D eigenvalue weighted by Crippen LogP contribution is 2.42. The molecule has 32 heavy (non-hydrogen) atoms. The largest absolute Gasteiger partial charge is 0.507 e. The molecule has 9 nitrogen and oxygen atoms in total. The summed E-state index contributed by atoms with van der Waals surface area (Å²) in [6.07, 6.45) is 3.00. The van der Waals surface area contributed by atoms with Crippen LogP contribution in [0.1, 0.15) is 22.7 Å². The topological polar surface area (TPSA) is 137 Å². The third-order valence-electron chi connectivity index (χ3n) is 5.09. The Hall–Kier alpha value is -4.84. The predicted octanol–water partition coefficient (Wildman–Crippen LogP) is 3.49. The molecular formula is C23H14N4O5. The van der Waals surface area contributed by atoms with E-state index in [0.717, 1.165) is 0 Å². The van der Waals surface area contributed by atoms with Crippen LogP contribution in [0.5, 0.6) is 0 Å². The smallest absolute Gasteiger partial charge is 0.300 e. The number of aliphatic hydroxyl groups excluding tert-OH is 1. The van der Waals surface area contributed by atoms with Gasteiger partial charge in [0.1, 0.15) is 5.76 Å². The van der Waals surface area contributed by atoms with Gasteiger partial charge < -0.3 is 5.11 Å². The summed E-state index contributed by atoms with van der Waals surface area (Å²) in [7, 11) is 0. The zero-order valence-electron chi connectivity index (χ0n) is 16.4. The van der Waals surface area contributed by atoms with Crippen LogP contribution in [0.2, 0.25) is 0 Å². The van der Waals surface area contributed by atoms with Crippen LogP contribution in [0.3, 0.4) is 0 Å². The van der Waals surface area contributed by atoms with Crippen LogP contribution in [0.4, 0.5) is 11.4 Å². The minimum absolute atomic E-state index is 0.153. The number of carbonyl (C=O) groups is 2. The lowest BCUT2D eigenvalue weighted by atomic mass is 9.95. The monoisotopic (exact) mass is 426 g/mol. The van der Waals surface area contributed by atoms with Crippen molar-refractivity contribution in [3.63, 3.8) is 0 Å². The summed E-state index contributed by atoms with van der Waals surface area (Å²) >= 11 is 0. The molecule has 3 aromatic rings. The van der Waals surface area contributed by atoms with Crippen LogP contribution in [0, 0.1) is 21.4 Å². The summed E-state index contributed by atoms with van der Waals surface area (Å²) in [5.74, 6) is -2.19. The highest BCUT2D eigenvalue weighted by molar-refractivity contribution is 6.51. The van der Waals surface area contributed by atoms with Gasteiger partial charge in [0.25, 0.3) is 17.4 Å². The Kier molecular flexibility index (Phi) is 5.18. The summed E-state index contributed by atoms with van der Waals surface area (Å²) in [5.41, 5.74) is 1.12. The van der Waals surface area contributed by atoms with Crippen molar-refractivity contribution in [3.05, 3.63) is 105 Å². The fraction of sp³-hybridized carbons (Fsp3) is 0.0435. The molecule has 9 heteroatoms. The first-order valence-corrected chi connectivity index (χ1v) is 9.38. The maximum absolute atomic E-state index is 13.0. The van der Waals surface area contributed by atoms with Crippen molar-refractivity contribution >= 4 is 28.8 Å². The molecule has 1 fully saturated rings. The number of ketones is 1. The number of hydrogen-bond acceptors (Lipinski definition) is 7. The van der Waals surface area contributed by atoms with Crippen LogP contribution < -0.4 is 4.90 Å². The second kappa shape index (κ2) is 8.12. The first kappa shape index (κ1) is 20.4. The quantitative estimate of drug-likeness (QED) is 0.222. The molecule has 2 heterocycles. The Morgan fingerprint density at radius 3 is 2.22 bits per heavy atom. The van der Waals surface area contributed by atoms with Crippen molar-refractivity contribution in [2.45, 2.75) is 6.04 Å². The molecule has 2 aromatic carbocycles. The van der Waals surface area contributed by atoms with Gasteiger partial charge in [-0.2, -0.15) is 5.26 Å². The SMILES string of the molecule is N#Cc1ccc(N2C(=O)C(=O)/C(=C(\O)c3ccc([N+](=O)[O-])cc3)C2c2ccncc2)cc1. The lowest BCUT2D eigenvalue weighted by Crippen LogP contribution is -2.29. The summed E-state index contributed by atoms with van der Waals surface area (Å²) < 4.78 is 0. The standard InChI is InChI=1S/C23H14N4O5/c24-13-14-1-5-17(6-2-14)26-20(15-9-11-25-12-10-15)19(22(29)23(26)30)21(28)16-3-7-18(8-4-16)27(31)32/h1-12,20,28H/b21-19-. The first-order chi connectivity index (χ1) is 15.4. The van der Waals surface area contributed by atoms with Crippen molar-refractivity contribution in [2.24, 2.45) is 0 Å². The Balaban J connectivity index is 1.89. The van der Waals surface area contributed by atoms with Crippen LogP contribution in [-0.4, -0.2) is 26.7 Å². The van der Waals surface area contributed by atoms with Crippen molar-refractivity contribution in [1.82, 2.24) is 4.98 Å². The lowest BCUT2D eigenvalue weighted by Gasteiger charge is -2.25. The molecule has 0 bridgehead atoms. The molecule has 1 amide bonds. The van der Waals surface area contributed by atoms with E-state index in [1.54, 1.807) is 24.3 Å². The van der Waals surface area contributed by atoms with Crippen molar-refractivity contribution in [1.29, 1.82) is 5.26 Å². The molecule has 0 spiro atoms. The third kappa shape index (κ3) is 3.46. The first-order valence-electron chi connectivity index (χ1n) is 9.38. The number of anilines is 1. The number of amides is 1. The molecule has 1 aromatic heterocycles. The van der Waals surface area contributed by atoms with E-state index in [-0.39, 0.29) is 16.8 Å². The molecule has 156 valence electrons. The van der Waals surface area contributed by atoms with Gasteiger partial charge in [-0.25, -0.2) is 0 Å². The maximum atomic E-state index is 13.0. The van der Waals surface area contributed by atoms with Gasteiger partial charge in [0.2, 0.25) is 0 Å². The summed E-state index contributed by atoms with van der Waals surface area (Å²) in [4.78, 5) is 41.5. The number of nitro groups is 1. The van der Waals surface area contributed by atoms with E-state index in [1.807, 2.05) is 6.07 Å². The molecule has 1 aliphatic heterocycles. The van der Waals surface area contributed by atoms with Crippen LogP contribution in [-0.2, 0) is 9.59 Å². The molecule has 0 saturated carbocycles. The lowest BCUT2D eigenvalue weighted by molar-refractivity contribution is -0.384. The van der Waals surface area contributed by atoms with Gasteiger partial charge in [0.15, 0.2) is 0 Å². The van der Waals surface area contributed by atoms with E-state index in [9.17, 15) is 24.8 Å². The number of Topliss-reactive ketones (excluding diaryl/α,β-unsaturated/α-hetero) is 1. The minimum Gasteiger partial charge on any atom is -0.507 e. The van der Waals surface area contributed by atoms with E-state index >= 15 is 0 Å². The van der Waals surface area contributed by atoms with E-state index < -0.39 is 28.4 Å². The number of rotatable bonds is 4. The number of aromatic nitrogens is 1. The van der Waals surface area contributed by atoms with Gasteiger partial charge in [0.05, 0.1) is 28.2 Å². The van der Waals surface area contributed by atoms with Crippen molar-refractivity contribution in [3.8, 4) is 6.07 Å². The number of hydrogen-bond donors (Lipinski definition) is 1. The second-order valence-corrected chi connectivity index (χ2v) is 6.91. The Labute approximate surface area is 181 Å². The van der Waals surface area contributed by atoms with Crippen LogP contribution in [0.15, 0.2) is 78.6 Å². The minimum atomic E-state index is -0.957. The Morgan fingerprint density at radius 2 is 1.66 bits per heavy atom. The zero-order chi connectivity index (χ0) is 22.8. The molecule has 4 rings (SSSR count). The number of pyridine rings is 1. The number of nitriles is 1. The fourth-order valence-electron chi connectivity index (χ4n) is 3.55. The average molecular weight is 426 g/mol. The molecule has 1 saturated heterocycles. The van der Waals surface area contributed by atoms with Gasteiger partial charge in [-0.15, -0.1) is 0 Å². The number of carbonyl (C=O) groups excluding carboxylic acids is 2. The second-order valence-electron chi connectivity index (χ2n) is 6.91. The fourth-order valence-corrected chi connectivity index (χ4v) is 3.55. The third-order valence-corrected chi connectivity index (χ3v) is 5.09. The number of non-ortho nitro benzene ring substituents is 1. The van der Waals surface area contributed by atoms with Gasteiger partial charge in [-0.05, 0) is 54.1 Å². The van der Waals surface area contributed by atoms with E-state index in [2.05, 4.69) is 4.98 Å². The van der Waals surface area contributed by atoms with Gasteiger partial charge in [-0.3, -0.25) is 29.6 Å².